The fourth-order valence-corrected chi connectivity index (χ4v) is 2.60. The van der Waals surface area contributed by atoms with E-state index in [4.69, 9.17) is 22.1 Å². The van der Waals surface area contributed by atoms with E-state index in [0.29, 0.717) is 22.5 Å². The lowest BCUT2D eigenvalue weighted by molar-refractivity contribution is 0.363. The van der Waals surface area contributed by atoms with Crippen molar-refractivity contribution in [3.8, 4) is 5.75 Å². The van der Waals surface area contributed by atoms with Crippen LogP contribution in [0.25, 0.3) is 0 Å². The summed E-state index contributed by atoms with van der Waals surface area (Å²) in [5.74, 6) is 1.41. The number of ether oxygens (including phenoxy) is 1. The van der Waals surface area contributed by atoms with Gasteiger partial charge in [-0.15, -0.1) is 5.10 Å². The Hall–Kier alpha value is -2.24. The topological polar surface area (TPSA) is 60.0 Å². The van der Waals surface area contributed by atoms with Gasteiger partial charge >= 0.3 is 0 Å². The lowest BCUT2D eigenvalue weighted by Gasteiger charge is -2.06. The zero-order valence-electron chi connectivity index (χ0n) is 13.1. The molecule has 0 saturated heterocycles. The molecule has 0 aromatic heterocycles. The molecule has 0 spiro atoms. The first-order valence-corrected chi connectivity index (χ1v) is 8.62. The third-order valence-corrected chi connectivity index (χ3v) is 4.00. The normalized spacial score (nSPS) is 11.6. The van der Waals surface area contributed by atoms with Crippen molar-refractivity contribution in [3.63, 3.8) is 0 Å². The van der Waals surface area contributed by atoms with Gasteiger partial charge < -0.3 is 10.5 Å². The standard InChI is InChI=1S/C18H18ClN3OS/c1-2-10-23-17-9-8-16(19)11-15(17)12-21-22-18(20)24-13-14-6-4-3-5-7-14/h2-9,11-12H,1,10,13H2,(H2,20,22). The number of hydrogen-bond acceptors (Lipinski definition) is 4. The second kappa shape index (κ2) is 9.80. The van der Waals surface area contributed by atoms with E-state index in [1.807, 2.05) is 30.3 Å². The largest absolute Gasteiger partial charge is 0.489 e. The molecule has 0 heterocycles. The van der Waals surface area contributed by atoms with Gasteiger partial charge in [0.1, 0.15) is 12.4 Å². The molecule has 0 bridgehead atoms. The van der Waals surface area contributed by atoms with Gasteiger partial charge in [-0.05, 0) is 23.8 Å². The van der Waals surface area contributed by atoms with E-state index in [0.717, 1.165) is 11.3 Å². The number of amidine groups is 1. The van der Waals surface area contributed by atoms with E-state index in [1.54, 1.807) is 30.5 Å². The van der Waals surface area contributed by atoms with Gasteiger partial charge in [0, 0.05) is 16.3 Å². The second-order valence-electron chi connectivity index (χ2n) is 4.74. The third-order valence-electron chi connectivity index (χ3n) is 2.91. The van der Waals surface area contributed by atoms with Crippen molar-refractivity contribution in [3.05, 3.63) is 77.3 Å². The van der Waals surface area contributed by atoms with Crippen molar-refractivity contribution in [2.24, 2.45) is 15.9 Å². The maximum Gasteiger partial charge on any atom is 0.180 e. The summed E-state index contributed by atoms with van der Waals surface area (Å²) in [4.78, 5) is 0. The lowest BCUT2D eigenvalue weighted by Crippen LogP contribution is -2.06. The highest BCUT2D eigenvalue weighted by Gasteiger charge is 2.02. The number of rotatable bonds is 7. The Bertz CT molecular complexity index is 732. The Labute approximate surface area is 151 Å². The molecule has 0 aliphatic heterocycles. The molecule has 6 heteroatoms. The van der Waals surface area contributed by atoms with Crippen LogP contribution in [0.5, 0.6) is 5.75 Å². The minimum atomic E-state index is 0.394. The maximum atomic E-state index is 6.01. The molecule has 0 radical (unpaired) electrons. The van der Waals surface area contributed by atoms with Crippen LogP contribution in [0.1, 0.15) is 11.1 Å². The van der Waals surface area contributed by atoms with Crippen molar-refractivity contribution in [1.29, 1.82) is 0 Å². The van der Waals surface area contributed by atoms with Crippen LogP contribution in [0, 0.1) is 0 Å². The molecule has 2 aromatic carbocycles. The Morgan fingerprint density at radius 3 is 2.79 bits per heavy atom. The molecule has 2 N–H and O–H groups in total. The lowest BCUT2D eigenvalue weighted by atomic mass is 10.2. The Kier molecular flexibility index (Phi) is 7.39. The highest BCUT2D eigenvalue weighted by atomic mass is 35.5. The van der Waals surface area contributed by atoms with Crippen LogP contribution in [0.15, 0.2) is 71.4 Å². The Balaban J connectivity index is 1.99. The molecule has 24 heavy (non-hydrogen) atoms. The minimum Gasteiger partial charge on any atom is -0.489 e. The zero-order valence-corrected chi connectivity index (χ0v) is 14.6. The summed E-state index contributed by atoms with van der Waals surface area (Å²) in [6, 6.07) is 15.3. The molecule has 0 amide bonds. The van der Waals surface area contributed by atoms with Crippen LogP contribution in [0.4, 0.5) is 0 Å². The van der Waals surface area contributed by atoms with E-state index < -0.39 is 0 Å². The van der Waals surface area contributed by atoms with Gasteiger partial charge in [-0.25, -0.2) is 0 Å². The highest BCUT2D eigenvalue weighted by molar-refractivity contribution is 8.13. The van der Waals surface area contributed by atoms with Gasteiger partial charge in [-0.2, -0.15) is 5.10 Å². The van der Waals surface area contributed by atoms with Crippen molar-refractivity contribution < 1.29 is 4.74 Å². The average Bonchev–Trinajstić information content (AvgIpc) is 2.60. The monoisotopic (exact) mass is 359 g/mol. The second-order valence-corrected chi connectivity index (χ2v) is 6.17. The van der Waals surface area contributed by atoms with Crippen LogP contribution in [0.2, 0.25) is 5.02 Å². The van der Waals surface area contributed by atoms with Crippen LogP contribution >= 0.6 is 23.4 Å². The average molecular weight is 360 g/mol. The van der Waals surface area contributed by atoms with Gasteiger partial charge in [0.2, 0.25) is 0 Å². The van der Waals surface area contributed by atoms with Gasteiger partial charge in [0.15, 0.2) is 5.17 Å². The molecular formula is C18H18ClN3OS. The van der Waals surface area contributed by atoms with Crippen LogP contribution in [-0.4, -0.2) is 18.0 Å². The van der Waals surface area contributed by atoms with Crippen molar-refractivity contribution in [2.45, 2.75) is 5.75 Å². The number of hydrogen-bond donors (Lipinski definition) is 1. The smallest absolute Gasteiger partial charge is 0.180 e. The summed E-state index contributed by atoms with van der Waals surface area (Å²) < 4.78 is 5.55. The fourth-order valence-electron chi connectivity index (χ4n) is 1.81. The summed E-state index contributed by atoms with van der Waals surface area (Å²) in [6.45, 7) is 4.03. The zero-order chi connectivity index (χ0) is 17.2. The van der Waals surface area contributed by atoms with Crippen molar-refractivity contribution >= 4 is 34.7 Å². The first-order chi connectivity index (χ1) is 11.7. The van der Waals surface area contributed by atoms with Crippen LogP contribution in [0.3, 0.4) is 0 Å². The predicted octanol–water partition coefficient (Wildman–Crippen LogP) is 4.49. The van der Waals surface area contributed by atoms with E-state index in [-0.39, 0.29) is 0 Å². The molecule has 124 valence electrons. The molecular weight excluding hydrogens is 342 g/mol. The Morgan fingerprint density at radius 2 is 2.04 bits per heavy atom. The predicted molar refractivity (Wildman–Crippen MR) is 104 cm³/mol. The van der Waals surface area contributed by atoms with Crippen molar-refractivity contribution in [1.82, 2.24) is 0 Å². The first kappa shape index (κ1) is 18.1. The fraction of sp³-hybridized carbons (Fsp3) is 0.111. The number of halogens is 1. The molecule has 4 nitrogen and oxygen atoms in total. The molecule has 0 unspecified atom stereocenters. The molecule has 2 aromatic rings. The molecule has 0 saturated carbocycles. The minimum absolute atomic E-state index is 0.394. The van der Waals surface area contributed by atoms with Gasteiger partial charge in [0.05, 0.1) is 6.21 Å². The van der Waals surface area contributed by atoms with Crippen LogP contribution < -0.4 is 10.5 Å². The molecule has 0 aliphatic carbocycles. The molecule has 0 fully saturated rings. The highest BCUT2D eigenvalue weighted by Crippen LogP contribution is 2.21. The van der Waals surface area contributed by atoms with Gasteiger partial charge in [-0.3, -0.25) is 0 Å². The summed E-state index contributed by atoms with van der Waals surface area (Å²) in [5.41, 5.74) is 7.77. The SMILES string of the molecule is C=CCOc1ccc(Cl)cc1C=NN=C(N)SCc1ccccc1. The number of nitrogens with two attached hydrogens (primary N) is 1. The summed E-state index contributed by atoms with van der Waals surface area (Å²) in [5, 5.41) is 9.00. The number of thioether (sulfide) groups is 1. The van der Waals surface area contributed by atoms with Crippen molar-refractivity contribution in [2.75, 3.05) is 6.61 Å². The molecule has 0 atom stereocenters. The van der Waals surface area contributed by atoms with Gasteiger partial charge in [-0.1, -0.05) is 66.3 Å². The van der Waals surface area contributed by atoms with E-state index in [9.17, 15) is 0 Å². The van der Waals surface area contributed by atoms with E-state index in [1.165, 1.54) is 17.3 Å². The van der Waals surface area contributed by atoms with Crippen LogP contribution in [-0.2, 0) is 5.75 Å². The number of nitrogens with zero attached hydrogens (tertiary/aromatic N) is 2. The Morgan fingerprint density at radius 1 is 1.25 bits per heavy atom. The quantitative estimate of drug-likeness (QED) is 0.343. The third kappa shape index (κ3) is 6.10. The maximum absolute atomic E-state index is 6.01. The van der Waals surface area contributed by atoms with E-state index >= 15 is 0 Å². The molecule has 2 rings (SSSR count). The van der Waals surface area contributed by atoms with Gasteiger partial charge in [0.25, 0.3) is 0 Å². The van der Waals surface area contributed by atoms with E-state index in [2.05, 4.69) is 16.8 Å². The summed E-state index contributed by atoms with van der Waals surface area (Å²) in [6.07, 6.45) is 3.24. The first-order valence-electron chi connectivity index (χ1n) is 7.25. The summed E-state index contributed by atoms with van der Waals surface area (Å²) in [7, 11) is 0. The summed E-state index contributed by atoms with van der Waals surface area (Å²) >= 11 is 7.44. The number of benzene rings is 2. The molecule has 0 aliphatic rings.